The Morgan fingerprint density at radius 3 is 2.73 bits per heavy atom. The summed E-state index contributed by atoms with van der Waals surface area (Å²) in [7, 11) is 0. The third kappa shape index (κ3) is 5.96. The normalized spacial score (nSPS) is 21.1. The molecule has 3 aromatic carbocycles. The first-order valence-electron chi connectivity index (χ1n) is 14.1. The van der Waals surface area contributed by atoms with E-state index < -0.39 is 5.97 Å². The molecule has 0 radical (unpaired) electrons. The van der Waals surface area contributed by atoms with Crippen LogP contribution in [0.4, 0.5) is 4.39 Å². The highest BCUT2D eigenvalue weighted by molar-refractivity contribution is 6.30. The number of carboxylic acids is 1. The smallest absolute Gasteiger partial charge is 0.335 e. The number of aromatic nitrogens is 2. The van der Waals surface area contributed by atoms with Gasteiger partial charge in [0.2, 0.25) is 0 Å². The SMILES string of the molecule is CC1CN(Cc2nc3ccc(C(=O)O)cc3n2CC2CCO2)CCC1c1ccccc1OCc1ccc(Cl)cc1F. The van der Waals surface area contributed by atoms with Crippen LogP contribution in [-0.2, 0) is 24.4 Å². The summed E-state index contributed by atoms with van der Waals surface area (Å²) in [6.07, 6.45) is 2.07. The minimum atomic E-state index is -0.945. The van der Waals surface area contributed by atoms with Crippen LogP contribution < -0.4 is 4.74 Å². The van der Waals surface area contributed by atoms with Gasteiger partial charge in [-0.15, -0.1) is 0 Å². The Labute approximate surface area is 243 Å². The number of hydrogen-bond donors (Lipinski definition) is 1. The molecule has 0 spiro atoms. The molecule has 0 amide bonds. The maximum atomic E-state index is 14.3. The van der Waals surface area contributed by atoms with Gasteiger partial charge in [0.05, 0.1) is 35.8 Å². The van der Waals surface area contributed by atoms with E-state index in [0.29, 0.717) is 35.5 Å². The summed E-state index contributed by atoms with van der Waals surface area (Å²) < 4.78 is 28.3. The molecule has 9 heteroatoms. The number of hydrogen-bond acceptors (Lipinski definition) is 5. The zero-order valence-electron chi connectivity index (χ0n) is 22.9. The lowest BCUT2D eigenvalue weighted by Crippen LogP contribution is -2.39. The summed E-state index contributed by atoms with van der Waals surface area (Å²) in [5.41, 5.74) is 3.51. The van der Waals surface area contributed by atoms with Gasteiger partial charge in [-0.25, -0.2) is 14.2 Å². The van der Waals surface area contributed by atoms with E-state index in [1.54, 1.807) is 30.3 Å². The predicted octanol–water partition coefficient (Wildman–Crippen LogP) is 6.52. The van der Waals surface area contributed by atoms with Gasteiger partial charge >= 0.3 is 5.97 Å². The number of imidazole rings is 1. The molecule has 3 atom stereocenters. The second kappa shape index (κ2) is 11.8. The molecule has 1 N–H and O–H groups in total. The van der Waals surface area contributed by atoms with Crippen molar-refractivity contribution in [2.24, 2.45) is 5.92 Å². The van der Waals surface area contributed by atoms with Crippen LogP contribution in [0.15, 0.2) is 60.7 Å². The first-order chi connectivity index (χ1) is 19.9. The maximum absolute atomic E-state index is 14.3. The van der Waals surface area contributed by atoms with Crippen LogP contribution in [0, 0.1) is 11.7 Å². The van der Waals surface area contributed by atoms with E-state index in [-0.39, 0.29) is 24.1 Å². The number of likely N-dealkylation sites (tertiary alicyclic amines) is 1. The Balaban J connectivity index is 1.17. The van der Waals surface area contributed by atoms with E-state index in [0.717, 1.165) is 60.7 Å². The number of fused-ring (bicyclic) bond motifs is 1. The molecule has 0 bridgehead atoms. The van der Waals surface area contributed by atoms with Gasteiger partial charge in [0.25, 0.3) is 0 Å². The zero-order valence-corrected chi connectivity index (χ0v) is 23.7. The fraction of sp³-hybridized carbons (Fsp3) is 0.375. The number of nitrogens with zero attached hydrogens (tertiary/aromatic N) is 3. The van der Waals surface area contributed by atoms with Gasteiger partial charge in [0.15, 0.2) is 0 Å². The molecule has 4 aromatic rings. The number of halogens is 2. The standard InChI is InChI=1S/C32H33ClFN3O4/c1-20-16-36(18-31-35-28-9-7-21(32(38)39)14-29(28)37(31)17-24-11-13-40-24)12-10-25(20)26-4-2-3-5-30(26)41-19-22-6-8-23(33)15-27(22)34/h2-9,14-15,20,24-25H,10-13,16-19H2,1H3,(H,38,39). The zero-order chi connectivity index (χ0) is 28.5. The number of para-hydroxylation sites is 1. The van der Waals surface area contributed by atoms with Gasteiger partial charge in [-0.2, -0.15) is 0 Å². The van der Waals surface area contributed by atoms with Crippen molar-refractivity contribution >= 4 is 28.6 Å². The molecule has 2 aliphatic rings. The van der Waals surface area contributed by atoms with E-state index in [1.807, 2.05) is 18.2 Å². The lowest BCUT2D eigenvalue weighted by molar-refractivity contribution is -0.0592. The van der Waals surface area contributed by atoms with Crippen LogP contribution in [0.1, 0.15) is 53.0 Å². The topological polar surface area (TPSA) is 76.8 Å². The molecule has 1 aromatic heterocycles. The van der Waals surface area contributed by atoms with Crippen molar-refractivity contribution in [2.75, 3.05) is 19.7 Å². The lowest BCUT2D eigenvalue weighted by Gasteiger charge is -2.37. The van der Waals surface area contributed by atoms with Crippen molar-refractivity contribution < 1.29 is 23.8 Å². The quantitative estimate of drug-likeness (QED) is 0.244. The van der Waals surface area contributed by atoms with E-state index in [9.17, 15) is 14.3 Å². The van der Waals surface area contributed by atoms with Gasteiger partial charge < -0.3 is 19.1 Å². The minimum absolute atomic E-state index is 0.127. The molecule has 3 heterocycles. The van der Waals surface area contributed by atoms with E-state index in [4.69, 9.17) is 26.1 Å². The number of rotatable bonds is 9. The molecule has 2 saturated heterocycles. The Bertz CT molecular complexity index is 1570. The predicted molar refractivity (Wildman–Crippen MR) is 155 cm³/mol. The van der Waals surface area contributed by atoms with Gasteiger partial charge in [-0.1, -0.05) is 42.8 Å². The maximum Gasteiger partial charge on any atom is 0.335 e. The molecule has 0 saturated carbocycles. The number of aromatic carboxylic acids is 1. The first kappa shape index (κ1) is 27.7. The molecule has 0 aliphatic carbocycles. The highest BCUT2D eigenvalue weighted by Crippen LogP contribution is 2.38. The number of ether oxygens (including phenoxy) is 2. The minimum Gasteiger partial charge on any atom is -0.489 e. The Hall–Kier alpha value is -3.46. The monoisotopic (exact) mass is 577 g/mol. The summed E-state index contributed by atoms with van der Waals surface area (Å²) in [6.45, 7) is 6.27. The summed E-state index contributed by atoms with van der Waals surface area (Å²) >= 11 is 5.90. The molecule has 214 valence electrons. The number of benzene rings is 3. The van der Waals surface area contributed by atoms with Crippen molar-refractivity contribution in [3.05, 3.63) is 94.0 Å². The van der Waals surface area contributed by atoms with E-state index in [2.05, 4.69) is 22.5 Å². The van der Waals surface area contributed by atoms with Crippen LogP contribution in [-0.4, -0.2) is 51.3 Å². The number of piperidine rings is 1. The third-order valence-electron chi connectivity index (χ3n) is 8.33. The van der Waals surface area contributed by atoms with E-state index >= 15 is 0 Å². The molecular weight excluding hydrogens is 545 g/mol. The molecule has 7 nitrogen and oxygen atoms in total. The van der Waals surface area contributed by atoms with Crippen LogP contribution >= 0.6 is 11.6 Å². The van der Waals surface area contributed by atoms with Crippen LogP contribution in [0.5, 0.6) is 5.75 Å². The fourth-order valence-electron chi connectivity index (χ4n) is 6.01. The van der Waals surface area contributed by atoms with Crippen molar-refractivity contribution in [3.8, 4) is 5.75 Å². The van der Waals surface area contributed by atoms with Crippen molar-refractivity contribution in [1.29, 1.82) is 0 Å². The summed E-state index contributed by atoms with van der Waals surface area (Å²) in [5, 5.41) is 9.90. The van der Waals surface area contributed by atoms with Gasteiger partial charge in [-0.3, -0.25) is 4.90 Å². The third-order valence-corrected chi connectivity index (χ3v) is 8.56. The van der Waals surface area contributed by atoms with Crippen molar-refractivity contribution in [3.63, 3.8) is 0 Å². The second-order valence-corrected chi connectivity index (χ2v) is 11.5. The molecule has 2 aliphatic heterocycles. The van der Waals surface area contributed by atoms with Crippen molar-refractivity contribution in [1.82, 2.24) is 14.5 Å². The van der Waals surface area contributed by atoms with Crippen LogP contribution in [0.2, 0.25) is 5.02 Å². The average molecular weight is 578 g/mol. The highest BCUT2D eigenvalue weighted by Gasteiger charge is 2.31. The highest BCUT2D eigenvalue weighted by atomic mass is 35.5. The number of carbonyl (C=O) groups is 1. The molecular formula is C32H33ClFN3O4. The van der Waals surface area contributed by atoms with Crippen LogP contribution in [0.3, 0.4) is 0 Å². The number of carboxylic acid groups (broad SMARTS) is 1. The molecule has 3 unspecified atom stereocenters. The second-order valence-electron chi connectivity index (χ2n) is 11.1. The largest absolute Gasteiger partial charge is 0.489 e. The van der Waals surface area contributed by atoms with Gasteiger partial charge in [0, 0.05) is 23.7 Å². The Morgan fingerprint density at radius 1 is 1.17 bits per heavy atom. The Morgan fingerprint density at radius 2 is 2.00 bits per heavy atom. The molecule has 41 heavy (non-hydrogen) atoms. The fourth-order valence-corrected chi connectivity index (χ4v) is 6.17. The summed E-state index contributed by atoms with van der Waals surface area (Å²) in [4.78, 5) is 19.0. The summed E-state index contributed by atoms with van der Waals surface area (Å²) in [5.74, 6) is 1.05. The Kier molecular flexibility index (Phi) is 7.97. The van der Waals surface area contributed by atoms with Crippen molar-refractivity contribution in [2.45, 2.75) is 51.5 Å². The van der Waals surface area contributed by atoms with Crippen LogP contribution in [0.25, 0.3) is 11.0 Å². The summed E-state index contributed by atoms with van der Waals surface area (Å²) in [6, 6.07) is 17.8. The molecule has 2 fully saturated rings. The lowest BCUT2D eigenvalue weighted by atomic mass is 9.81. The average Bonchev–Trinajstić information content (AvgIpc) is 3.26. The van der Waals surface area contributed by atoms with E-state index in [1.165, 1.54) is 6.07 Å². The van der Waals surface area contributed by atoms with Gasteiger partial charge in [-0.05, 0) is 73.2 Å². The molecule has 6 rings (SSSR count). The first-order valence-corrected chi connectivity index (χ1v) is 14.5. The van der Waals surface area contributed by atoms with Gasteiger partial charge in [0.1, 0.15) is 24.0 Å².